The Balaban J connectivity index is 1.60. The second kappa shape index (κ2) is 6.23. The normalized spacial score (nSPS) is 21.0. The Kier molecular flexibility index (Phi) is 4.15. The van der Waals surface area contributed by atoms with E-state index in [0.717, 1.165) is 6.42 Å². The van der Waals surface area contributed by atoms with Crippen LogP contribution in [0.25, 0.3) is 0 Å². The van der Waals surface area contributed by atoms with E-state index < -0.39 is 0 Å². The van der Waals surface area contributed by atoms with Crippen molar-refractivity contribution in [2.24, 2.45) is 5.92 Å². The van der Waals surface area contributed by atoms with E-state index in [1.54, 1.807) is 0 Å². The van der Waals surface area contributed by atoms with Gasteiger partial charge in [-0.2, -0.15) is 4.98 Å². The zero-order valence-electron chi connectivity index (χ0n) is 12.1. The molecule has 1 aromatic heterocycles. The standard InChI is InChI=1S/C15H16FN3O3/c1-9-6-7-21-14(9)15-18-12(19-22-15)8-13(20)17-11-4-2-10(16)3-5-11/h2-5,9,14H,6-8H2,1H3,(H,17,20)/t9-,14-/m1/s1. The predicted octanol–water partition coefficient (Wildman–Crippen LogP) is 2.49. The highest BCUT2D eigenvalue weighted by molar-refractivity contribution is 5.91. The highest BCUT2D eigenvalue weighted by Crippen LogP contribution is 2.32. The van der Waals surface area contributed by atoms with Crippen LogP contribution in [-0.4, -0.2) is 22.7 Å². The Morgan fingerprint density at radius 3 is 2.86 bits per heavy atom. The molecule has 1 saturated heterocycles. The van der Waals surface area contributed by atoms with Crippen LogP contribution in [0, 0.1) is 11.7 Å². The van der Waals surface area contributed by atoms with Gasteiger partial charge in [0.2, 0.25) is 5.91 Å². The number of carbonyl (C=O) groups is 1. The lowest BCUT2D eigenvalue weighted by molar-refractivity contribution is -0.115. The topological polar surface area (TPSA) is 77.2 Å². The summed E-state index contributed by atoms with van der Waals surface area (Å²) in [4.78, 5) is 16.1. The number of anilines is 1. The van der Waals surface area contributed by atoms with Gasteiger partial charge in [0.1, 0.15) is 11.9 Å². The summed E-state index contributed by atoms with van der Waals surface area (Å²) in [6.45, 7) is 2.73. The lowest BCUT2D eigenvalue weighted by Gasteiger charge is -2.07. The maximum Gasteiger partial charge on any atom is 0.256 e. The number of amides is 1. The van der Waals surface area contributed by atoms with E-state index in [1.807, 2.05) is 0 Å². The fourth-order valence-electron chi connectivity index (χ4n) is 2.35. The zero-order valence-corrected chi connectivity index (χ0v) is 12.1. The van der Waals surface area contributed by atoms with Crippen molar-refractivity contribution in [2.45, 2.75) is 25.9 Å². The molecular weight excluding hydrogens is 289 g/mol. The van der Waals surface area contributed by atoms with Crippen molar-refractivity contribution in [1.82, 2.24) is 10.1 Å². The molecule has 22 heavy (non-hydrogen) atoms. The minimum Gasteiger partial charge on any atom is -0.368 e. The molecule has 0 saturated carbocycles. The van der Waals surface area contributed by atoms with Crippen LogP contribution < -0.4 is 5.32 Å². The molecule has 116 valence electrons. The lowest BCUT2D eigenvalue weighted by atomic mass is 10.0. The van der Waals surface area contributed by atoms with Gasteiger partial charge in [-0.1, -0.05) is 12.1 Å². The molecule has 1 aliphatic heterocycles. The third-order valence-electron chi connectivity index (χ3n) is 3.56. The highest BCUT2D eigenvalue weighted by atomic mass is 19.1. The van der Waals surface area contributed by atoms with Gasteiger partial charge in [-0.05, 0) is 36.6 Å². The minimum absolute atomic E-state index is 0.0119. The smallest absolute Gasteiger partial charge is 0.256 e. The first kappa shape index (κ1) is 14.6. The molecule has 1 amide bonds. The monoisotopic (exact) mass is 305 g/mol. The van der Waals surface area contributed by atoms with Crippen LogP contribution in [0.2, 0.25) is 0 Å². The Hall–Kier alpha value is -2.28. The number of hydrogen-bond donors (Lipinski definition) is 1. The minimum atomic E-state index is -0.355. The first-order valence-corrected chi connectivity index (χ1v) is 7.11. The summed E-state index contributed by atoms with van der Waals surface area (Å²) in [6, 6.07) is 5.54. The van der Waals surface area contributed by atoms with Gasteiger partial charge in [-0.3, -0.25) is 4.79 Å². The molecule has 2 heterocycles. The third-order valence-corrected chi connectivity index (χ3v) is 3.56. The summed E-state index contributed by atoms with van der Waals surface area (Å²) >= 11 is 0. The summed E-state index contributed by atoms with van der Waals surface area (Å²) in [5, 5.41) is 6.45. The van der Waals surface area contributed by atoms with Crippen molar-refractivity contribution >= 4 is 11.6 Å². The summed E-state index contributed by atoms with van der Waals surface area (Å²) in [7, 11) is 0. The Bertz CT molecular complexity index is 656. The molecule has 0 aliphatic carbocycles. The van der Waals surface area contributed by atoms with E-state index in [9.17, 15) is 9.18 Å². The maximum atomic E-state index is 12.8. The average molecular weight is 305 g/mol. The number of hydrogen-bond acceptors (Lipinski definition) is 5. The predicted molar refractivity (Wildman–Crippen MR) is 75.5 cm³/mol. The van der Waals surface area contributed by atoms with Crippen molar-refractivity contribution in [1.29, 1.82) is 0 Å². The summed E-state index contributed by atoms with van der Waals surface area (Å²) in [5.74, 6) is 0.388. The highest BCUT2D eigenvalue weighted by Gasteiger charge is 2.31. The van der Waals surface area contributed by atoms with E-state index in [2.05, 4.69) is 22.4 Å². The van der Waals surface area contributed by atoms with E-state index in [0.29, 0.717) is 29.9 Å². The van der Waals surface area contributed by atoms with E-state index in [-0.39, 0.29) is 24.2 Å². The van der Waals surface area contributed by atoms with Gasteiger partial charge >= 0.3 is 0 Å². The number of benzene rings is 1. The first-order valence-electron chi connectivity index (χ1n) is 7.11. The Morgan fingerprint density at radius 1 is 1.41 bits per heavy atom. The van der Waals surface area contributed by atoms with Gasteiger partial charge < -0.3 is 14.6 Å². The maximum absolute atomic E-state index is 12.8. The second-order valence-electron chi connectivity index (χ2n) is 5.34. The summed E-state index contributed by atoms with van der Waals surface area (Å²) in [5.41, 5.74) is 0.517. The number of carbonyl (C=O) groups excluding carboxylic acids is 1. The van der Waals surface area contributed by atoms with Crippen LogP contribution in [-0.2, 0) is 16.0 Å². The molecule has 1 fully saturated rings. The molecule has 3 rings (SSSR count). The van der Waals surface area contributed by atoms with E-state index >= 15 is 0 Å². The Labute approximate surface area is 126 Å². The van der Waals surface area contributed by atoms with Crippen LogP contribution in [0.15, 0.2) is 28.8 Å². The van der Waals surface area contributed by atoms with Crippen molar-refractivity contribution in [2.75, 3.05) is 11.9 Å². The van der Waals surface area contributed by atoms with Gasteiger partial charge in [-0.25, -0.2) is 4.39 Å². The molecule has 1 aromatic carbocycles. The number of ether oxygens (including phenoxy) is 1. The quantitative estimate of drug-likeness (QED) is 0.939. The fraction of sp³-hybridized carbons (Fsp3) is 0.400. The largest absolute Gasteiger partial charge is 0.368 e. The number of halogens is 1. The average Bonchev–Trinajstić information content (AvgIpc) is 3.10. The van der Waals surface area contributed by atoms with Crippen LogP contribution in [0.1, 0.15) is 31.2 Å². The van der Waals surface area contributed by atoms with Crippen LogP contribution >= 0.6 is 0 Å². The molecule has 0 bridgehead atoms. The molecule has 2 aromatic rings. The van der Waals surface area contributed by atoms with Gasteiger partial charge in [0.05, 0.1) is 6.42 Å². The van der Waals surface area contributed by atoms with Crippen LogP contribution in [0.5, 0.6) is 0 Å². The van der Waals surface area contributed by atoms with Crippen molar-refractivity contribution in [3.05, 3.63) is 41.8 Å². The molecule has 1 N–H and O–H groups in total. The second-order valence-corrected chi connectivity index (χ2v) is 5.34. The van der Waals surface area contributed by atoms with E-state index in [4.69, 9.17) is 9.26 Å². The number of nitrogens with one attached hydrogen (secondary N) is 1. The zero-order chi connectivity index (χ0) is 15.5. The number of nitrogens with zero attached hydrogens (tertiary/aromatic N) is 2. The third kappa shape index (κ3) is 3.30. The van der Waals surface area contributed by atoms with Gasteiger partial charge in [0, 0.05) is 12.3 Å². The number of rotatable bonds is 4. The summed E-state index contributed by atoms with van der Waals surface area (Å²) < 4.78 is 23.5. The summed E-state index contributed by atoms with van der Waals surface area (Å²) in [6.07, 6.45) is 0.747. The molecule has 2 atom stereocenters. The molecule has 0 unspecified atom stereocenters. The molecular formula is C15H16FN3O3. The molecule has 0 spiro atoms. The van der Waals surface area contributed by atoms with Crippen molar-refractivity contribution < 1.29 is 18.4 Å². The SMILES string of the molecule is C[C@@H]1CCO[C@H]1c1nc(CC(=O)Nc2ccc(F)cc2)no1. The van der Waals surface area contributed by atoms with E-state index in [1.165, 1.54) is 24.3 Å². The van der Waals surface area contributed by atoms with Crippen molar-refractivity contribution in [3.63, 3.8) is 0 Å². The Morgan fingerprint density at radius 2 is 2.18 bits per heavy atom. The van der Waals surface area contributed by atoms with Crippen LogP contribution in [0.4, 0.5) is 10.1 Å². The first-order chi connectivity index (χ1) is 10.6. The van der Waals surface area contributed by atoms with Crippen LogP contribution in [0.3, 0.4) is 0 Å². The van der Waals surface area contributed by atoms with Crippen molar-refractivity contribution in [3.8, 4) is 0 Å². The molecule has 7 heteroatoms. The fourth-order valence-corrected chi connectivity index (χ4v) is 2.35. The number of aromatic nitrogens is 2. The molecule has 0 radical (unpaired) electrons. The molecule has 6 nitrogen and oxygen atoms in total. The lowest BCUT2D eigenvalue weighted by Crippen LogP contribution is -2.15. The van der Waals surface area contributed by atoms with Gasteiger partial charge in [0.25, 0.3) is 5.89 Å². The van der Waals surface area contributed by atoms with Gasteiger partial charge in [0.15, 0.2) is 5.82 Å². The molecule has 1 aliphatic rings. The van der Waals surface area contributed by atoms with Gasteiger partial charge in [-0.15, -0.1) is 0 Å².